The molecule has 4 aromatic rings. The van der Waals surface area contributed by atoms with E-state index in [1.165, 1.54) is 0 Å². The van der Waals surface area contributed by atoms with Gasteiger partial charge < -0.3 is 9.88 Å². The number of Topliss-reactive ketones (excluding diaryl/α,β-unsaturated/α-hetero) is 1. The van der Waals surface area contributed by atoms with Gasteiger partial charge in [0.25, 0.3) is 0 Å². The van der Waals surface area contributed by atoms with Crippen molar-refractivity contribution in [3.8, 4) is 0 Å². The van der Waals surface area contributed by atoms with E-state index in [4.69, 9.17) is 0 Å². The Balaban J connectivity index is 1.82. The quantitative estimate of drug-likeness (QED) is 0.450. The van der Waals surface area contributed by atoms with Crippen molar-refractivity contribution < 1.29 is 4.79 Å². The number of aromatic nitrogens is 1. The van der Waals surface area contributed by atoms with E-state index < -0.39 is 6.04 Å². The van der Waals surface area contributed by atoms with Crippen molar-refractivity contribution in [1.29, 1.82) is 0 Å². The minimum atomic E-state index is -0.462. The summed E-state index contributed by atoms with van der Waals surface area (Å²) in [7, 11) is 2.02. The van der Waals surface area contributed by atoms with Gasteiger partial charge in [-0.3, -0.25) is 4.79 Å². The Labute approximate surface area is 165 Å². The van der Waals surface area contributed by atoms with Crippen molar-refractivity contribution in [3.05, 3.63) is 101 Å². The average Bonchev–Trinajstić information content (AvgIpc) is 3.03. The number of carbonyl (C=O) groups is 1. The highest BCUT2D eigenvalue weighted by molar-refractivity contribution is 6.04. The standard InChI is InChI=1S/C25H24N2O/c1-17-11-13-19(14-12-17)25(28)24(26-20-8-6-7-18(2)15-20)22-16-27(3)23-10-5-4-9-21(22)23/h4-16,24,26H,1-3H3. The summed E-state index contributed by atoms with van der Waals surface area (Å²) in [5.41, 5.74) is 6.06. The van der Waals surface area contributed by atoms with Crippen molar-refractivity contribution in [2.45, 2.75) is 19.9 Å². The number of ketones is 1. The number of aryl methyl sites for hydroxylation is 3. The zero-order chi connectivity index (χ0) is 19.7. The molecule has 0 fully saturated rings. The smallest absolute Gasteiger partial charge is 0.189 e. The summed E-state index contributed by atoms with van der Waals surface area (Å²) in [5, 5.41) is 4.58. The Morgan fingerprint density at radius 2 is 1.64 bits per heavy atom. The van der Waals surface area contributed by atoms with Crippen molar-refractivity contribution >= 4 is 22.4 Å². The van der Waals surface area contributed by atoms with Crippen molar-refractivity contribution in [2.24, 2.45) is 7.05 Å². The highest BCUT2D eigenvalue weighted by Crippen LogP contribution is 2.31. The van der Waals surface area contributed by atoms with Gasteiger partial charge in [0.05, 0.1) is 0 Å². The molecule has 0 spiro atoms. The van der Waals surface area contributed by atoms with Crippen LogP contribution in [0.4, 0.5) is 5.69 Å². The predicted molar refractivity (Wildman–Crippen MR) is 116 cm³/mol. The molecule has 3 heteroatoms. The normalized spacial score (nSPS) is 12.1. The van der Waals surface area contributed by atoms with Gasteiger partial charge in [-0.2, -0.15) is 0 Å². The van der Waals surface area contributed by atoms with Gasteiger partial charge >= 0.3 is 0 Å². The molecule has 0 amide bonds. The highest BCUT2D eigenvalue weighted by Gasteiger charge is 2.25. The van der Waals surface area contributed by atoms with Crippen LogP contribution in [-0.4, -0.2) is 10.4 Å². The number of nitrogens with one attached hydrogen (secondary N) is 1. The molecule has 0 aliphatic rings. The maximum atomic E-state index is 13.5. The summed E-state index contributed by atoms with van der Waals surface area (Å²) >= 11 is 0. The maximum absolute atomic E-state index is 13.5. The zero-order valence-corrected chi connectivity index (χ0v) is 16.4. The van der Waals surface area contributed by atoms with E-state index in [0.717, 1.165) is 33.3 Å². The number of fused-ring (bicyclic) bond motifs is 1. The number of rotatable bonds is 5. The summed E-state index contributed by atoms with van der Waals surface area (Å²) in [4.78, 5) is 13.5. The number of nitrogens with zero attached hydrogens (tertiary/aromatic N) is 1. The molecule has 1 heterocycles. The second-order valence-electron chi connectivity index (χ2n) is 7.39. The Morgan fingerprint density at radius 3 is 2.39 bits per heavy atom. The number of carbonyl (C=O) groups excluding carboxylic acids is 1. The molecule has 1 N–H and O–H groups in total. The van der Waals surface area contributed by atoms with Gasteiger partial charge in [-0.25, -0.2) is 0 Å². The molecule has 0 saturated heterocycles. The molecule has 3 nitrogen and oxygen atoms in total. The van der Waals surface area contributed by atoms with Crippen LogP contribution in [0.2, 0.25) is 0 Å². The van der Waals surface area contributed by atoms with Crippen LogP contribution in [-0.2, 0) is 7.05 Å². The fourth-order valence-corrected chi connectivity index (χ4v) is 3.67. The van der Waals surface area contributed by atoms with Gasteiger partial charge in [-0.15, -0.1) is 0 Å². The molecule has 0 radical (unpaired) electrons. The van der Waals surface area contributed by atoms with E-state index >= 15 is 0 Å². The van der Waals surface area contributed by atoms with Crippen LogP contribution in [0.1, 0.15) is 33.1 Å². The predicted octanol–water partition coefficient (Wildman–Crippen LogP) is 5.83. The van der Waals surface area contributed by atoms with E-state index in [1.807, 2.05) is 62.5 Å². The Kier molecular flexibility index (Phi) is 4.74. The zero-order valence-electron chi connectivity index (χ0n) is 16.4. The first-order chi connectivity index (χ1) is 13.5. The number of hydrogen-bond donors (Lipinski definition) is 1. The minimum absolute atomic E-state index is 0.0675. The maximum Gasteiger partial charge on any atom is 0.189 e. The van der Waals surface area contributed by atoms with Crippen molar-refractivity contribution in [1.82, 2.24) is 4.57 Å². The lowest BCUT2D eigenvalue weighted by molar-refractivity contribution is 0.0970. The molecule has 3 aromatic carbocycles. The lowest BCUT2D eigenvalue weighted by atomic mass is 9.96. The van der Waals surface area contributed by atoms with Gasteiger partial charge in [0.2, 0.25) is 0 Å². The van der Waals surface area contributed by atoms with Crippen LogP contribution in [0.25, 0.3) is 10.9 Å². The third-order valence-corrected chi connectivity index (χ3v) is 5.17. The molecule has 28 heavy (non-hydrogen) atoms. The summed E-state index contributed by atoms with van der Waals surface area (Å²) in [6.45, 7) is 4.08. The summed E-state index contributed by atoms with van der Waals surface area (Å²) in [6, 6.07) is 23.7. The molecule has 0 aliphatic heterocycles. The van der Waals surface area contributed by atoms with Crippen LogP contribution in [0, 0.1) is 13.8 Å². The molecule has 1 aromatic heterocycles. The van der Waals surface area contributed by atoms with Gasteiger partial charge in [-0.05, 0) is 37.6 Å². The third kappa shape index (κ3) is 3.44. The Bertz CT molecular complexity index is 1140. The minimum Gasteiger partial charge on any atom is -0.371 e. The number of anilines is 1. The molecule has 0 bridgehead atoms. The lowest BCUT2D eigenvalue weighted by Gasteiger charge is -2.19. The largest absolute Gasteiger partial charge is 0.371 e. The van der Waals surface area contributed by atoms with Crippen LogP contribution in [0.5, 0.6) is 0 Å². The molecule has 140 valence electrons. The summed E-state index contributed by atoms with van der Waals surface area (Å²) in [6.07, 6.45) is 2.06. The van der Waals surface area contributed by atoms with E-state index in [1.54, 1.807) is 0 Å². The lowest BCUT2D eigenvalue weighted by Crippen LogP contribution is -2.21. The van der Waals surface area contributed by atoms with Gasteiger partial charge in [0.1, 0.15) is 6.04 Å². The third-order valence-electron chi connectivity index (χ3n) is 5.17. The summed E-state index contributed by atoms with van der Waals surface area (Å²) in [5.74, 6) is 0.0675. The van der Waals surface area contributed by atoms with Crippen molar-refractivity contribution in [3.63, 3.8) is 0 Å². The van der Waals surface area contributed by atoms with Gasteiger partial charge in [-0.1, -0.05) is 60.2 Å². The first kappa shape index (κ1) is 18.1. The van der Waals surface area contributed by atoms with Crippen LogP contribution >= 0.6 is 0 Å². The molecular formula is C25H24N2O. The fraction of sp³-hybridized carbons (Fsp3) is 0.160. The fourth-order valence-electron chi connectivity index (χ4n) is 3.67. The van der Waals surface area contributed by atoms with Crippen molar-refractivity contribution in [2.75, 3.05) is 5.32 Å². The van der Waals surface area contributed by atoms with Gasteiger partial charge in [0.15, 0.2) is 5.78 Å². The molecular weight excluding hydrogens is 344 g/mol. The van der Waals surface area contributed by atoms with Gasteiger partial charge in [0, 0.05) is 41.0 Å². The van der Waals surface area contributed by atoms with Crippen LogP contribution in [0.15, 0.2) is 79.0 Å². The average molecular weight is 368 g/mol. The van der Waals surface area contributed by atoms with Crippen LogP contribution < -0.4 is 5.32 Å². The van der Waals surface area contributed by atoms with E-state index in [9.17, 15) is 4.79 Å². The SMILES string of the molecule is Cc1ccc(C(=O)C(Nc2cccc(C)c2)c2cn(C)c3ccccc23)cc1. The molecule has 4 rings (SSSR count). The van der Waals surface area contributed by atoms with E-state index in [0.29, 0.717) is 5.56 Å². The molecule has 0 aliphatic carbocycles. The number of benzene rings is 3. The van der Waals surface area contributed by atoms with E-state index in [-0.39, 0.29) is 5.78 Å². The van der Waals surface area contributed by atoms with E-state index in [2.05, 4.69) is 47.3 Å². The first-order valence-electron chi connectivity index (χ1n) is 9.51. The summed E-state index contributed by atoms with van der Waals surface area (Å²) < 4.78 is 2.08. The molecule has 0 saturated carbocycles. The van der Waals surface area contributed by atoms with Crippen LogP contribution in [0.3, 0.4) is 0 Å². The monoisotopic (exact) mass is 368 g/mol. The number of hydrogen-bond acceptors (Lipinski definition) is 2. The second kappa shape index (κ2) is 7.35. The topological polar surface area (TPSA) is 34.0 Å². The molecule has 1 unspecified atom stereocenters. The molecule has 1 atom stereocenters. The highest BCUT2D eigenvalue weighted by atomic mass is 16.1. The first-order valence-corrected chi connectivity index (χ1v) is 9.51. The Morgan fingerprint density at radius 1 is 0.893 bits per heavy atom. The second-order valence-corrected chi connectivity index (χ2v) is 7.39. The number of para-hydroxylation sites is 1. The Hall–Kier alpha value is -3.33.